The molecule has 0 bridgehead atoms. The van der Waals surface area contributed by atoms with Crippen LogP contribution in [0.25, 0.3) is 0 Å². The summed E-state index contributed by atoms with van der Waals surface area (Å²) >= 11 is 2.78. The van der Waals surface area contributed by atoms with E-state index in [1.807, 2.05) is 35.7 Å². The number of carbonyl (C=O) groups is 2. The third-order valence-corrected chi connectivity index (χ3v) is 4.29. The zero-order chi connectivity index (χ0) is 15.1. The summed E-state index contributed by atoms with van der Waals surface area (Å²) in [5.41, 5.74) is 6.86. The number of hydrogen-bond donors (Lipinski definition) is 2. The molecule has 2 rings (SSSR count). The van der Waals surface area contributed by atoms with Crippen LogP contribution in [0.5, 0.6) is 0 Å². The molecular weight excluding hydrogens is 306 g/mol. The number of carbonyl (C=O) groups excluding carboxylic acids is 2. The maximum atomic E-state index is 11.9. The Labute approximate surface area is 131 Å². The number of benzene rings is 1. The zero-order valence-electron chi connectivity index (χ0n) is 11.2. The Morgan fingerprint density at radius 1 is 1.29 bits per heavy atom. The van der Waals surface area contributed by atoms with Gasteiger partial charge in [-0.3, -0.25) is 9.59 Å². The molecule has 3 N–H and O–H groups in total. The molecule has 0 aliphatic carbocycles. The second kappa shape index (κ2) is 7.80. The Kier molecular flexibility index (Phi) is 5.77. The van der Waals surface area contributed by atoms with Crippen molar-refractivity contribution in [1.82, 2.24) is 4.98 Å². The van der Waals surface area contributed by atoms with Gasteiger partial charge < -0.3 is 11.1 Å². The molecule has 5 nitrogen and oxygen atoms in total. The number of nitrogens with two attached hydrogens (primary N) is 1. The van der Waals surface area contributed by atoms with Gasteiger partial charge in [0.2, 0.25) is 11.8 Å². The van der Waals surface area contributed by atoms with E-state index < -0.39 is 0 Å². The average molecular weight is 321 g/mol. The first kappa shape index (κ1) is 15.5. The minimum Gasteiger partial charge on any atom is -0.369 e. The predicted molar refractivity (Wildman–Crippen MR) is 86.2 cm³/mol. The second-order valence-corrected chi connectivity index (χ2v) is 6.16. The molecule has 1 aromatic heterocycles. The molecule has 0 radical (unpaired) electrons. The highest BCUT2D eigenvalue weighted by Gasteiger charge is 2.08. The number of hydrogen-bond acceptors (Lipinski definition) is 5. The zero-order valence-corrected chi connectivity index (χ0v) is 12.9. The number of aromatic nitrogens is 1. The van der Waals surface area contributed by atoms with Crippen LogP contribution in [-0.4, -0.2) is 22.6 Å². The van der Waals surface area contributed by atoms with E-state index in [-0.39, 0.29) is 17.6 Å². The standard InChI is InChI=1S/C14H15N3O2S2/c15-12(18)9-20-7-11-8-21-14(16-11)17-13(19)6-10-4-2-1-3-5-10/h1-5,8H,6-7,9H2,(H2,15,18)(H,16,17,19). The Balaban J connectivity index is 1.81. The van der Waals surface area contributed by atoms with Gasteiger partial charge in [-0.15, -0.1) is 23.1 Å². The molecule has 7 heteroatoms. The van der Waals surface area contributed by atoms with E-state index in [2.05, 4.69) is 10.3 Å². The largest absolute Gasteiger partial charge is 0.369 e. The molecule has 110 valence electrons. The minimum absolute atomic E-state index is 0.0908. The summed E-state index contributed by atoms with van der Waals surface area (Å²) in [5.74, 6) is 0.444. The van der Waals surface area contributed by atoms with Gasteiger partial charge in [-0.05, 0) is 5.56 Å². The molecule has 2 aromatic rings. The molecule has 2 amide bonds. The van der Waals surface area contributed by atoms with Crippen LogP contribution in [0.1, 0.15) is 11.3 Å². The minimum atomic E-state index is -0.341. The van der Waals surface area contributed by atoms with E-state index >= 15 is 0 Å². The third kappa shape index (κ3) is 5.57. The van der Waals surface area contributed by atoms with Crippen LogP contribution < -0.4 is 11.1 Å². The lowest BCUT2D eigenvalue weighted by Crippen LogP contribution is -2.14. The van der Waals surface area contributed by atoms with Crippen molar-refractivity contribution < 1.29 is 9.59 Å². The molecule has 0 aliphatic rings. The van der Waals surface area contributed by atoms with Crippen molar-refractivity contribution in [3.63, 3.8) is 0 Å². The number of thiazole rings is 1. The highest BCUT2D eigenvalue weighted by Crippen LogP contribution is 2.19. The van der Waals surface area contributed by atoms with E-state index in [0.29, 0.717) is 17.3 Å². The second-order valence-electron chi connectivity index (χ2n) is 4.31. The predicted octanol–water partition coefficient (Wildman–Crippen LogP) is 2.04. The molecule has 1 aromatic carbocycles. The summed E-state index contributed by atoms with van der Waals surface area (Å²) in [6, 6.07) is 9.54. The molecule has 0 atom stereocenters. The third-order valence-electron chi connectivity index (χ3n) is 2.50. The van der Waals surface area contributed by atoms with Crippen LogP contribution in [0.2, 0.25) is 0 Å². The summed E-state index contributed by atoms with van der Waals surface area (Å²) in [5, 5.41) is 5.22. The van der Waals surface area contributed by atoms with Crippen LogP contribution >= 0.6 is 23.1 Å². The fourth-order valence-corrected chi connectivity index (χ4v) is 3.12. The monoisotopic (exact) mass is 321 g/mol. The lowest BCUT2D eigenvalue weighted by Gasteiger charge is -2.01. The Hall–Kier alpha value is -1.86. The SMILES string of the molecule is NC(=O)CSCc1csc(NC(=O)Cc2ccccc2)n1. The van der Waals surface area contributed by atoms with Gasteiger partial charge in [-0.25, -0.2) is 4.98 Å². The maximum absolute atomic E-state index is 11.9. The van der Waals surface area contributed by atoms with Crippen molar-refractivity contribution in [1.29, 1.82) is 0 Å². The fraction of sp³-hybridized carbons (Fsp3) is 0.214. The first-order valence-corrected chi connectivity index (χ1v) is 8.31. The Morgan fingerprint density at radius 3 is 2.76 bits per heavy atom. The maximum Gasteiger partial charge on any atom is 0.230 e. The Morgan fingerprint density at radius 2 is 2.05 bits per heavy atom. The van der Waals surface area contributed by atoms with Gasteiger partial charge >= 0.3 is 0 Å². The molecular formula is C14H15N3O2S2. The van der Waals surface area contributed by atoms with Gasteiger partial charge in [-0.1, -0.05) is 30.3 Å². The molecule has 0 saturated carbocycles. The van der Waals surface area contributed by atoms with Gasteiger partial charge in [0.05, 0.1) is 17.9 Å². The highest BCUT2D eigenvalue weighted by molar-refractivity contribution is 7.99. The first-order valence-electron chi connectivity index (χ1n) is 6.27. The normalized spacial score (nSPS) is 10.3. The van der Waals surface area contributed by atoms with Crippen molar-refractivity contribution in [2.45, 2.75) is 12.2 Å². The van der Waals surface area contributed by atoms with E-state index in [1.165, 1.54) is 23.1 Å². The van der Waals surface area contributed by atoms with Crippen molar-refractivity contribution in [2.75, 3.05) is 11.1 Å². The molecule has 1 heterocycles. The number of thioether (sulfide) groups is 1. The van der Waals surface area contributed by atoms with Gasteiger partial charge in [0.1, 0.15) is 0 Å². The van der Waals surface area contributed by atoms with Crippen molar-refractivity contribution in [3.8, 4) is 0 Å². The molecule has 0 spiro atoms. The Bertz CT molecular complexity index is 614. The number of primary amides is 1. The number of amides is 2. The van der Waals surface area contributed by atoms with E-state index in [1.54, 1.807) is 0 Å². The van der Waals surface area contributed by atoms with Crippen LogP contribution in [0.4, 0.5) is 5.13 Å². The quantitative estimate of drug-likeness (QED) is 0.817. The number of rotatable bonds is 7. The molecule has 0 aliphatic heterocycles. The highest BCUT2D eigenvalue weighted by atomic mass is 32.2. The number of nitrogens with zero attached hydrogens (tertiary/aromatic N) is 1. The van der Waals surface area contributed by atoms with Gasteiger partial charge in [0.25, 0.3) is 0 Å². The van der Waals surface area contributed by atoms with E-state index in [4.69, 9.17) is 5.73 Å². The lowest BCUT2D eigenvalue weighted by atomic mass is 10.1. The van der Waals surface area contributed by atoms with Gasteiger partial charge in [0, 0.05) is 11.1 Å². The number of nitrogens with one attached hydrogen (secondary N) is 1. The molecule has 0 unspecified atom stereocenters. The van der Waals surface area contributed by atoms with E-state index in [0.717, 1.165) is 11.3 Å². The van der Waals surface area contributed by atoms with Crippen LogP contribution in [0.3, 0.4) is 0 Å². The van der Waals surface area contributed by atoms with Crippen molar-refractivity contribution >= 4 is 40.0 Å². The van der Waals surface area contributed by atoms with Crippen LogP contribution in [0.15, 0.2) is 35.7 Å². The number of anilines is 1. The molecule has 0 fully saturated rings. The summed E-state index contributed by atoms with van der Waals surface area (Å²) in [6.45, 7) is 0. The smallest absolute Gasteiger partial charge is 0.230 e. The summed E-state index contributed by atoms with van der Waals surface area (Å²) in [4.78, 5) is 26.8. The molecule has 21 heavy (non-hydrogen) atoms. The van der Waals surface area contributed by atoms with Crippen molar-refractivity contribution in [3.05, 3.63) is 47.0 Å². The first-order chi connectivity index (χ1) is 10.1. The summed E-state index contributed by atoms with van der Waals surface area (Å²) in [7, 11) is 0. The van der Waals surface area contributed by atoms with Crippen LogP contribution in [-0.2, 0) is 21.8 Å². The van der Waals surface area contributed by atoms with E-state index in [9.17, 15) is 9.59 Å². The lowest BCUT2D eigenvalue weighted by molar-refractivity contribution is -0.116. The topological polar surface area (TPSA) is 85.1 Å². The van der Waals surface area contributed by atoms with Gasteiger partial charge in [-0.2, -0.15) is 0 Å². The fourth-order valence-electron chi connectivity index (χ4n) is 1.63. The van der Waals surface area contributed by atoms with Crippen LogP contribution in [0, 0.1) is 0 Å². The van der Waals surface area contributed by atoms with Gasteiger partial charge in [0.15, 0.2) is 5.13 Å². The summed E-state index contributed by atoms with van der Waals surface area (Å²) in [6.07, 6.45) is 0.326. The molecule has 0 saturated heterocycles. The van der Waals surface area contributed by atoms with Crippen molar-refractivity contribution in [2.24, 2.45) is 5.73 Å². The average Bonchev–Trinajstić information content (AvgIpc) is 2.86. The summed E-state index contributed by atoms with van der Waals surface area (Å²) < 4.78 is 0.